The average Bonchev–Trinajstić information content (AvgIpc) is 2.36. The third-order valence-electron chi connectivity index (χ3n) is 3.11. The van der Waals surface area contributed by atoms with E-state index >= 15 is 0 Å². The van der Waals surface area contributed by atoms with E-state index in [1.807, 2.05) is 32.0 Å². The number of carbonyl (C=O) groups is 1. The van der Waals surface area contributed by atoms with Gasteiger partial charge >= 0.3 is 0 Å². The Balaban J connectivity index is 2.61. The van der Waals surface area contributed by atoms with Crippen LogP contribution < -0.4 is 10.1 Å². The molecule has 4 nitrogen and oxygen atoms in total. The van der Waals surface area contributed by atoms with E-state index in [9.17, 15) is 9.90 Å². The van der Waals surface area contributed by atoms with E-state index in [-0.39, 0.29) is 18.6 Å². The lowest BCUT2D eigenvalue weighted by atomic mass is 10.1. The van der Waals surface area contributed by atoms with Gasteiger partial charge < -0.3 is 15.2 Å². The number of benzene rings is 1. The van der Waals surface area contributed by atoms with E-state index in [1.165, 1.54) is 0 Å². The third-order valence-corrected chi connectivity index (χ3v) is 3.11. The molecule has 0 aliphatic carbocycles. The van der Waals surface area contributed by atoms with E-state index in [1.54, 1.807) is 6.92 Å². The van der Waals surface area contributed by atoms with Crippen LogP contribution in [0.5, 0.6) is 5.75 Å². The highest BCUT2D eigenvalue weighted by Gasteiger charge is 2.12. The van der Waals surface area contributed by atoms with Gasteiger partial charge in [-0.05, 0) is 38.8 Å². The number of rotatable bonds is 7. The largest absolute Gasteiger partial charge is 0.483 e. The van der Waals surface area contributed by atoms with Crippen LogP contribution >= 0.6 is 0 Å². The van der Waals surface area contributed by atoms with Gasteiger partial charge in [0.25, 0.3) is 5.91 Å². The Morgan fingerprint density at radius 2 is 2.10 bits per heavy atom. The molecule has 1 rings (SSSR count). The zero-order chi connectivity index (χ0) is 15.1. The maximum absolute atomic E-state index is 11.8. The highest BCUT2D eigenvalue weighted by atomic mass is 16.5. The van der Waals surface area contributed by atoms with Crippen molar-refractivity contribution in [2.24, 2.45) is 0 Å². The van der Waals surface area contributed by atoms with Gasteiger partial charge in [-0.1, -0.05) is 25.5 Å². The molecule has 2 atom stereocenters. The monoisotopic (exact) mass is 279 g/mol. The lowest BCUT2D eigenvalue weighted by Crippen LogP contribution is -2.36. The van der Waals surface area contributed by atoms with E-state index in [2.05, 4.69) is 12.2 Å². The second-order valence-corrected chi connectivity index (χ2v) is 5.26. The molecular formula is C16H25NO3. The fourth-order valence-corrected chi connectivity index (χ4v) is 2.08. The first kappa shape index (κ1) is 16.5. The number of nitrogens with one attached hydrogen (secondary N) is 1. The molecule has 112 valence electrons. The van der Waals surface area contributed by atoms with Crippen molar-refractivity contribution < 1.29 is 14.6 Å². The van der Waals surface area contributed by atoms with E-state index in [0.717, 1.165) is 18.4 Å². The van der Waals surface area contributed by atoms with Crippen LogP contribution in [0.4, 0.5) is 0 Å². The van der Waals surface area contributed by atoms with Gasteiger partial charge in [-0.15, -0.1) is 0 Å². The van der Waals surface area contributed by atoms with Crippen LogP contribution in [0, 0.1) is 6.92 Å². The molecule has 0 aromatic heterocycles. The van der Waals surface area contributed by atoms with E-state index in [0.29, 0.717) is 11.3 Å². The number of aliphatic hydroxyl groups is 1. The summed E-state index contributed by atoms with van der Waals surface area (Å²) in [6.07, 6.45) is 1.37. The van der Waals surface area contributed by atoms with Crippen LogP contribution in [0.15, 0.2) is 18.2 Å². The number of aliphatic hydroxyl groups excluding tert-OH is 1. The van der Waals surface area contributed by atoms with E-state index < -0.39 is 6.10 Å². The number of hydrogen-bond acceptors (Lipinski definition) is 3. The maximum atomic E-state index is 11.8. The predicted octanol–water partition coefficient (Wildman–Crippen LogP) is 2.73. The molecular weight excluding hydrogens is 254 g/mol. The smallest absolute Gasteiger partial charge is 0.258 e. The Labute approximate surface area is 121 Å². The van der Waals surface area contributed by atoms with Crippen LogP contribution in [0.2, 0.25) is 0 Å². The minimum atomic E-state index is -0.618. The molecule has 1 aromatic carbocycles. The summed E-state index contributed by atoms with van der Waals surface area (Å²) < 4.78 is 5.55. The van der Waals surface area contributed by atoms with Crippen molar-refractivity contribution in [2.45, 2.75) is 52.7 Å². The number of aryl methyl sites for hydroxylation is 1. The molecule has 0 fully saturated rings. The van der Waals surface area contributed by atoms with Crippen molar-refractivity contribution in [1.82, 2.24) is 5.32 Å². The topological polar surface area (TPSA) is 58.6 Å². The molecule has 0 saturated heterocycles. The third kappa shape index (κ3) is 5.21. The number of ether oxygens (including phenoxy) is 1. The number of carbonyl (C=O) groups excluding carboxylic acids is 1. The predicted molar refractivity (Wildman–Crippen MR) is 79.8 cm³/mol. The van der Waals surface area contributed by atoms with Crippen LogP contribution in [0.25, 0.3) is 0 Å². The summed E-state index contributed by atoms with van der Waals surface area (Å²) in [5, 5.41) is 12.6. The van der Waals surface area contributed by atoms with Gasteiger partial charge in [-0.25, -0.2) is 0 Å². The second kappa shape index (κ2) is 7.90. The second-order valence-electron chi connectivity index (χ2n) is 5.26. The van der Waals surface area contributed by atoms with Gasteiger partial charge in [-0.2, -0.15) is 0 Å². The Morgan fingerprint density at radius 1 is 1.40 bits per heavy atom. The summed E-state index contributed by atoms with van der Waals surface area (Å²) in [7, 11) is 0. The zero-order valence-corrected chi connectivity index (χ0v) is 12.8. The lowest BCUT2D eigenvalue weighted by molar-refractivity contribution is -0.123. The fourth-order valence-electron chi connectivity index (χ4n) is 2.08. The Kier molecular flexibility index (Phi) is 6.52. The van der Waals surface area contributed by atoms with Crippen molar-refractivity contribution in [2.75, 3.05) is 6.61 Å². The van der Waals surface area contributed by atoms with E-state index in [4.69, 9.17) is 4.74 Å². The minimum absolute atomic E-state index is 0.0305. The van der Waals surface area contributed by atoms with Crippen LogP contribution in [-0.4, -0.2) is 23.7 Å². The Morgan fingerprint density at radius 3 is 2.70 bits per heavy atom. The number of hydrogen-bond donors (Lipinski definition) is 2. The SMILES string of the molecule is CCCC(C)NC(=O)COc1cc(C)ccc1C(C)O. The molecule has 0 bridgehead atoms. The molecule has 0 aliphatic heterocycles. The standard InChI is InChI=1S/C16H25NO3/c1-5-6-12(3)17-16(19)10-20-15-9-11(2)7-8-14(15)13(4)18/h7-9,12-13,18H,5-6,10H2,1-4H3,(H,17,19). The Hall–Kier alpha value is -1.55. The molecule has 2 unspecified atom stereocenters. The summed E-state index contributed by atoms with van der Waals surface area (Å²) in [6, 6.07) is 5.74. The summed E-state index contributed by atoms with van der Waals surface area (Å²) in [5.41, 5.74) is 1.73. The van der Waals surface area contributed by atoms with Crippen LogP contribution in [0.3, 0.4) is 0 Å². The first-order valence-electron chi connectivity index (χ1n) is 7.14. The fraction of sp³-hybridized carbons (Fsp3) is 0.562. The number of amides is 1. The van der Waals surface area contributed by atoms with Crippen LogP contribution in [-0.2, 0) is 4.79 Å². The van der Waals surface area contributed by atoms with Gasteiger partial charge in [0.2, 0.25) is 0 Å². The molecule has 1 aromatic rings. The molecule has 0 radical (unpaired) electrons. The van der Waals surface area contributed by atoms with Crippen molar-refractivity contribution in [3.05, 3.63) is 29.3 Å². The van der Waals surface area contributed by atoms with Gasteiger partial charge in [0, 0.05) is 11.6 Å². The Bertz CT molecular complexity index is 443. The summed E-state index contributed by atoms with van der Waals surface area (Å²) in [6.45, 7) is 7.66. The quantitative estimate of drug-likeness (QED) is 0.807. The van der Waals surface area contributed by atoms with Crippen molar-refractivity contribution in [3.63, 3.8) is 0 Å². The van der Waals surface area contributed by atoms with Crippen molar-refractivity contribution in [1.29, 1.82) is 0 Å². The molecule has 0 spiro atoms. The summed E-state index contributed by atoms with van der Waals surface area (Å²) in [5.74, 6) is 0.433. The summed E-state index contributed by atoms with van der Waals surface area (Å²) >= 11 is 0. The molecule has 20 heavy (non-hydrogen) atoms. The van der Waals surface area contributed by atoms with Gasteiger partial charge in [0.15, 0.2) is 6.61 Å². The van der Waals surface area contributed by atoms with Crippen molar-refractivity contribution >= 4 is 5.91 Å². The molecule has 0 heterocycles. The minimum Gasteiger partial charge on any atom is -0.483 e. The molecule has 0 saturated carbocycles. The zero-order valence-electron chi connectivity index (χ0n) is 12.8. The molecule has 1 amide bonds. The lowest BCUT2D eigenvalue weighted by Gasteiger charge is -2.16. The molecule has 2 N–H and O–H groups in total. The average molecular weight is 279 g/mol. The maximum Gasteiger partial charge on any atom is 0.258 e. The van der Waals surface area contributed by atoms with Gasteiger partial charge in [0.05, 0.1) is 6.10 Å². The first-order chi connectivity index (χ1) is 9.43. The summed E-state index contributed by atoms with van der Waals surface area (Å²) in [4.78, 5) is 11.8. The normalized spacial score (nSPS) is 13.7. The molecule has 0 aliphatic rings. The van der Waals surface area contributed by atoms with Crippen molar-refractivity contribution in [3.8, 4) is 5.75 Å². The highest BCUT2D eigenvalue weighted by Crippen LogP contribution is 2.26. The van der Waals surface area contributed by atoms with Gasteiger partial charge in [0.1, 0.15) is 5.75 Å². The molecule has 4 heteroatoms. The van der Waals surface area contributed by atoms with Crippen LogP contribution in [0.1, 0.15) is 50.8 Å². The van der Waals surface area contributed by atoms with Gasteiger partial charge in [-0.3, -0.25) is 4.79 Å². The first-order valence-corrected chi connectivity index (χ1v) is 7.14. The highest BCUT2D eigenvalue weighted by molar-refractivity contribution is 5.77.